The summed E-state index contributed by atoms with van der Waals surface area (Å²) in [6, 6.07) is 29.3. The van der Waals surface area contributed by atoms with E-state index in [1.165, 1.54) is 0 Å². The van der Waals surface area contributed by atoms with Crippen LogP contribution in [0.5, 0.6) is 11.5 Å². The SMILES string of the molecule is C[C@@H]1[C@@H]([Si](C)(C)F)[C@H](CC(=O)N2CCC[C@H]2CO)O[C@@]12C(=O)N(Cc1cccc(N3C(=O)c4ccccc4Oc4ccccc43)c1)c1ccccc12. The molecule has 0 bridgehead atoms. The van der Waals surface area contributed by atoms with Crippen LogP contribution in [0.15, 0.2) is 97.1 Å². The maximum Gasteiger partial charge on any atom is 0.266 e. The van der Waals surface area contributed by atoms with E-state index < -0.39 is 31.6 Å². The Morgan fingerprint density at radius 1 is 0.942 bits per heavy atom. The first-order valence-corrected chi connectivity index (χ1v) is 21.0. The smallest absolute Gasteiger partial charge is 0.266 e. The Balaban J connectivity index is 1.13. The van der Waals surface area contributed by atoms with Crippen LogP contribution >= 0.6 is 0 Å². The predicted octanol–water partition coefficient (Wildman–Crippen LogP) is 7.47. The molecule has 8 rings (SSSR count). The van der Waals surface area contributed by atoms with Gasteiger partial charge >= 0.3 is 0 Å². The number of rotatable bonds is 7. The quantitative estimate of drug-likeness (QED) is 0.157. The third-order valence-electron chi connectivity index (χ3n) is 11.3. The van der Waals surface area contributed by atoms with Crippen molar-refractivity contribution in [3.63, 3.8) is 0 Å². The molecule has 4 aliphatic heterocycles. The summed E-state index contributed by atoms with van der Waals surface area (Å²) in [6.45, 7) is 5.74. The van der Waals surface area contributed by atoms with E-state index in [9.17, 15) is 19.5 Å². The van der Waals surface area contributed by atoms with Crippen LogP contribution in [0.4, 0.5) is 21.2 Å². The molecule has 0 aromatic heterocycles. The molecule has 0 aliphatic carbocycles. The van der Waals surface area contributed by atoms with E-state index in [0.717, 1.165) is 18.4 Å². The van der Waals surface area contributed by atoms with Crippen LogP contribution in [-0.2, 0) is 26.5 Å². The van der Waals surface area contributed by atoms with Gasteiger partial charge in [0.25, 0.3) is 11.8 Å². The highest BCUT2D eigenvalue weighted by molar-refractivity contribution is 6.72. The van der Waals surface area contributed by atoms with E-state index >= 15 is 4.11 Å². The van der Waals surface area contributed by atoms with E-state index in [2.05, 4.69) is 0 Å². The van der Waals surface area contributed by atoms with Crippen LogP contribution in [0, 0.1) is 5.92 Å². The number of para-hydroxylation sites is 4. The van der Waals surface area contributed by atoms with Gasteiger partial charge in [-0.25, -0.2) is 0 Å². The molecule has 9 nitrogen and oxygen atoms in total. The highest BCUT2D eigenvalue weighted by Crippen LogP contribution is 2.60. The number of aliphatic hydroxyl groups excluding tert-OH is 1. The fraction of sp³-hybridized carbons (Fsp3) is 0.341. The minimum atomic E-state index is -3.48. The Hall–Kier alpha value is -4.84. The topological polar surface area (TPSA) is 99.6 Å². The second-order valence-electron chi connectivity index (χ2n) is 14.8. The third kappa shape index (κ3) is 5.45. The van der Waals surface area contributed by atoms with Crippen LogP contribution in [0.25, 0.3) is 0 Å². The van der Waals surface area contributed by atoms with Gasteiger partial charge in [0.2, 0.25) is 14.3 Å². The Labute approximate surface area is 303 Å². The summed E-state index contributed by atoms with van der Waals surface area (Å²) in [5.74, 6) is -0.239. The Morgan fingerprint density at radius 3 is 2.42 bits per heavy atom. The summed E-state index contributed by atoms with van der Waals surface area (Å²) >= 11 is 0. The molecule has 5 atom stereocenters. The standard InChI is InChI=1S/C41H42FN3O6Si/c1-26-38(52(2,3)42)36(23-37(47)43-21-11-14-29(43)25-46)51-41(26)31-16-5-6-17-32(31)44(40(41)49)24-27-12-10-13-28(22-27)45-33-18-7-9-20-35(33)50-34-19-8-4-15-30(34)39(45)48/h4-10,12-13,15-20,22,26,29,36,38,46H,11,14,21,23-25H2,1-3H3/t26-,29+,36+,38-,41+/m1/s1. The van der Waals surface area contributed by atoms with Crippen LogP contribution in [0.2, 0.25) is 18.6 Å². The van der Waals surface area contributed by atoms with Gasteiger partial charge in [-0.1, -0.05) is 61.5 Å². The number of likely N-dealkylation sites (tertiary alicyclic amines) is 1. The Bertz CT molecular complexity index is 2070. The summed E-state index contributed by atoms with van der Waals surface area (Å²) in [4.78, 5) is 47.7. The summed E-state index contributed by atoms with van der Waals surface area (Å²) in [6.07, 6.45) is 0.677. The van der Waals surface area contributed by atoms with Gasteiger partial charge in [-0.15, -0.1) is 0 Å². The van der Waals surface area contributed by atoms with Gasteiger partial charge in [-0.2, -0.15) is 0 Å². The van der Waals surface area contributed by atoms with E-state index in [4.69, 9.17) is 9.47 Å². The van der Waals surface area contributed by atoms with E-state index in [1.807, 2.05) is 85.8 Å². The number of aliphatic hydroxyl groups is 1. The molecule has 0 saturated carbocycles. The minimum Gasteiger partial charge on any atom is -0.454 e. The van der Waals surface area contributed by atoms with Gasteiger partial charge < -0.3 is 28.5 Å². The largest absolute Gasteiger partial charge is 0.454 e. The lowest BCUT2D eigenvalue weighted by Gasteiger charge is -2.31. The molecule has 3 amide bonds. The maximum atomic E-state index is 16.4. The van der Waals surface area contributed by atoms with Crippen molar-refractivity contribution in [3.8, 4) is 11.5 Å². The molecule has 268 valence electrons. The average Bonchev–Trinajstić information content (AvgIpc) is 3.77. The number of hydrogen-bond donors (Lipinski definition) is 1. The second kappa shape index (κ2) is 13.0. The zero-order chi connectivity index (χ0) is 36.4. The molecule has 1 N–H and O–H groups in total. The first-order chi connectivity index (χ1) is 25.0. The number of anilines is 3. The molecule has 0 unspecified atom stereocenters. The van der Waals surface area contributed by atoms with Crippen molar-refractivity contribution in [1.29, 1.82) is 0 Å². The zero-order valence-corrected chi connectivity index (χ0v) is 30.5. The molecule has 4 aromatic carbocycles. The molecule has 4 heterocycles. The van der Waals surface area contributed by atoms with Crippen molar-refractivity contribution < 1.29 is 33.1 Å². The monoisotopic (exact) mass is 719 g/mol. The summed E-state index contributed by atoms with van der Waals surface area (Å²) in [5.41, 5.74) is 1.67. The number of nitrogens with zero attached hydrogens (tertiary/aromatic N) is 3. The van der Waals surface area contributed by atoms with Crippen LogP contribution in [0.3, 0.4) is 0 Å². The Kier molecular flexibility index (Phi) is 8.55. The van der Waals surface area contributed by atoms with Crippen molar-refractivity contribution in [1.82, 2.24) is 4.90 Å². The zero-order valence-electron chi connectivity index (χ0n) is 29.5. The number of ether oxygens (including phenoxy) is 2. The fourth-order valence-corrected chi connectivity index (χ4v) is 11.5. The number of halogens is 1. The molecule has 2 saturated heterocycles. The summed E-state index contributed by atoms with van der Waals surface area (Å²) in [7, 11) is -3.48. The molecule has 4 aromatic rings. The molecular weight excluding hydrogens is 678 g/mol. The van der Waals surface area contributed by atoms with E-state index in [-0.39, 0.29) is 43.3 Å². The Morgan fingerprint density at radius 2 is 1.65 bits per heavy atom. The average molecular weight is 720 g/mol. The van der Waals surface area contributed by atoms with Gasteiger partial charge in [0, 0.05) is 29.3 Å². The fourth-order valence-electron chi connectivity index (χ4n) is 9.04. The summed E-state index contributed by atoms with van der Waals surface area (Å²) < 4.78 is 29.4. The van der Waals surface area contributed by atoms with Gasteiger partial charge in [0.1, 0.15) is 5.75 Å². The van der Waals surface area contributed by atoms with E-state index in [1.54, 1.807) is 46.0 Å². The number of hydrogen-bond acceptors (Lipinski definition) is 6. The van der Waals surface area contributed by atoms with Gasteiger partial charge in [-0.05, 0) is 74.0 Å². The lowest BCUT2D eigenvalue weighted by atomic mass is 9.82. The van der Waals surface area contributed by atoms with Crippen LogP contribution < -0.4 is 14.5 Å². The number of carbonyl (C=O) groups excluding carboxylic acids is 3. The minimum absolute atomic E-state index is 0.0523. The van der Waals surface area contributed by atoms with Crippen molar-refractivity contribution in [3.05, 3.63) is 114 Å². The predicted molar refractivity (Wildman–Crippen MR) is 198 cm³/mol. The number of benzene rings is 4. The number of amides is 3. The third-order valence-corrected chi connectivity index (χ3v) is 13.8. The van der Waals surface area contributed by atoms with Crippen molar-refractivity contribution in [2.45, 2.75) is 69.1 Å². The van der Waals surface area contributed by atoms with Gasteiger partial charge in [0.15, 0.2) is 11.4 Å². The van der Waals surface area contributed by atoms with Crippen molar-refractivity contribution in [2.24, 2.45) is 5.92 Å². The first kappa shape index (κ1) is 34.3. The van der Waals surface area contributed by atoms with Crippen molar-refractivity contribution >= 4 is 43.2 Å². The normalized spacial score (nSPS) is 25.2. The number of fused-ring (bicyclic) bond motifs is 4. The second-order valence-corrected chi connectivity index (χ2v) is 18.6. The molecule has 0 radical (unpaired) electrons. The lowest BCUT2D eigenvalue weighted by molar-refractivity contribution is -0.150. The molecule has 1 spiro atoms. The van der Waals surface area contributed by atoms with Crippen molar-refractivity contribution in [2.75, 3.05) is 23.0 Å². The maximum absolute atomic E-state index is 16.4. The highest BCUT2D eigenvalue weighted by Gasteiger charge is 2.67. The van der Waals surface area contributed by atoms with Crippen LogP contribution in [0.1, 0.15) is 47.7 Å². The molecule has 52 heavy (non-hydrogen) atoms. The first-order valence-electron chi connectivity index (χ1n) is 18.0. The summed E-state index contributed by atoms with van der Waals surface area (Å²) in [5, 5.41) is 9.88. The number of carbonyl (C=O) groups is 3. The molecular formula is C41H42FN3O6Si. The van der Waals surface area contributed by atoms with E-state index in [0.29, 0.717) is 46.2 Å². The van der Waals surface area contributed by atoms with Gasteiger partial charge in [-0.3, -0.25) is 19.3 Å². The molecule has 11 heteroatoms. The highest BCUT2D eigenvalue weighted by atomic mass is 28.4. The van der Waals surface area contributed by atoms with Gasteiger partial charge in [0.05, 0.1) is 48.7 Å². The van der Waals surface area contributed by atoms with Crippen LogP contribution in [-0.4, -0.2) is 61.4 Å². The molecule has 4 aliphatic rings. The lowest BCUT2D eigenvalue weighted by Crippen LogP contribution is -2.45. The molecule has 2 fully saturated rings.